The molecule has 0 heterocycles. The number of carbonyl (C=O) groups excluding carboxylic acids is 1. The molecule has 0 aliphatic rings. The lowest BCUT2D eigenvalue weighted by molar-refractivity contribution is -0.115. The normalized spacial score (nSPS) is 11.4. The van der Waals surface area contributed by atoms with Crippen molar-refractivity contribution in [2.75, 3.05) is 11.5 Å². The zero-order chi connectivity index (χ0) is 12.5. The molecule has 5 nitrogen and oxygen atoms in total. The molecule has 1 rings (SSSR count). The molecule has 0 saturated heterocycles. The van der Waals surface area contributed by atoms with E-state index in [0.717, 1.165) is 0 Å². The predicted octanol–water partition coefficient (Wildman–Crippen LogP) is -0.194. The molecule has 1 aromatic rings. The second-order valence-electron chi connectivity index (χ2n) is 3.04. The average molecular weight is 250 g/mol. The highest BCUT2D eigenvalue weighted by atomic mass is 32.2. The number of nitrogens with two attached hydrogens (primary N) is 2. The zero-order valence-electron chi connectivity index (χ0n) is 7.91. The summed E-state index contributed by atoms with van der Waals surface area (Å²) in [5, 5.41) is 0. The summed E-state index contributed by atoms with van der Waals surface area (Å²) in [6.07, 6.45) is 0. The van der Waals surface area contributed by atoms with Crippen LogP contribution < -0.4 is 11.5 Å². The van der Waals surface area contributed by atoms with Gasteiger partial charge in [-0.3, -0.25) is 4.79 Å². The molecule has 0 unspecified atom stereocenters. The number of nitrogen functional groups attached to an aromatic ring is 1. The lowest BCUT2D eigenvalue weighted by Gasteiger charge is -2.05. The molecule has 0 bridgehead atoms. The third kappa shape index (κ3) is 2.45. The molecule has 8 heteroatoms. The predicted molar refractivity (Wildman–Crippen MR) is 52.0 cm³/mol. The Bertz CT molecular complexity index is 519. The Hall–Kier alpha value is -1.70. The summed E-state index contributed by atoms with van der Waals surface area (Å²) in [7, 11) is -4.42. The SMILES string of the molecule is NC(=O)CS(=O)(=O)c1c(F)cc(N)cc1F. The number of rotatable bonds is 3. The zero-order valence-corrected chi connectivity index (χ0v) is 8.72. The number of hydrogen-bond acceptors (Lipinski definition) is 4. The molecule has 4 N–H and O–H groups in total. The summed E-state index contributed by atoms with van der Waals surface area (Å²) in [5.74, 6) is -5.06. The van der Waals surface area contributed by atoms with Gasteiger partial charge in [-0.15, -0.1) is 0 Å². The lowest BCUT2D eigenvalue weighted by atomic mass is 10.3. The number of benzene rings is 1. The van der Waals surface area contributed by atoms with Crippen LogP contribution in [-0.2, 0) is 14.6 Å². The molecular formula is C8H8F2N2O3S. The Morgan fingerprint density at radius 1 is 1.25 bits per heavy atom. The minimum Gasteiger partial charge on any atom is -0.399 e. The number of primary amides is 1. The maximum absolute atomic E-state index is 13.2. The van der Waals surface area contributed by atoms with Crippen LogP contribution in [0.4, 0.5) is 14.5 Å². The minimum atomic E-state index is -4.42. The summed E-state index contributed by atoms with van der Waals surface area (Å²) in [6, 6.07) is 1.30. The fourth-order valence-corrected chi connectivity index (χ4v) is 2.37. The first-order valence-corrected chi connectivity index (χ1v) is 5.65. The summed E-state index contributed by atoms with van der Waals surface area (Å²) < 4.78 is 49.2. The molecule has 1 aromatic carbocycles. The molecule has 88 valence electrons. The Balaban J connectivity index is 3.39. The number of sulfone groups is 1. The van der Waals surface area contributed by atoms with Crippen molar-refractivity contribution in [3.63, 3.8) is 0 Å². The summed E-state index contributed by atoms with van der Waals surface area (Å²) in [4.78, 5) is 9.26. The van der Waals surface area contributed by atoms with Gasteiger partial charge in [0.15, 0.2) is 9.84 Å². The highest BCUT2D eigenvalue weighted by Crippen LogP contribution is 2.22. The molecule has 0 radical (unpaired) electrons. The number of anilines is 1. The lowest BCUT2D eigenvalue weighted by Crippen LogP contribution is -2.24. The van der Waals surface area contributed by atoms with E-state index in [1.807, 2.05) is 0 Å². The largest absolute Gasteiger partial charge is 0.399 e. The Morgan fingerprint density at radius 2 is 1.69 bits per heavy atom. The minimum absolute atomic E-state index is 0.256. The van der Waals surface area contributed by atoms with Gasteiger partial charge >= 0.3 is 0 Å². The number of halogens is 2. The van der Waals surface area contributed by atoms with Crippen LogP contribution in [0.5, 0.6) is 0 Å². The Morgan fingerprint density at radius 3 is 2.06 bits per heavy atom. The monoisotopic (exact) mass is 250 g/mol. The maximum Gasteiger partial charge on any atom is 0.233 e. The van der Waals surface area contributed by atoms with Crippen LogP contribution in [0.1, 0.15) is 0 Å². The van der Waals surface area contributed by atoms with E-state index in [4.69, 9.17) is 5.73 Å². The fourth-order valence-electron chi connectivity index (χ4n) is 1.14. The van der Waals surface area contributed by atoms with E-state index in [9.17, 15) is 22.0 Å². The van der Waals surface area contributed by atoms with Crippen LogP contribution in [0.2, 0.25) is 0 Å². The van der Waals surface area contributed by atoms with E-state index >= 15 is 0 Å². The molecule has 0 saturated carbocycles. The highest BCUT2D eigenvalue weighted by Gasteiger charge is 2.26. The topological polar surface area (TPSA) is 103 Å². The summed E-state index contributed by atoms with van der Waals surface area (Å²) in [6.45, 7) is 0. The van der Waals surface area contributed by atoms with Gasteiger partial charge in [0.25, 0.3) is 0 Å². The third-order valence-corrected chi connectivity index (χ3v) is 3.34. The van der Waals surface area contributed by atoms with Crippen LogP contribution in [-0.4, -0.2) is 20.1 Å². The van der Waals surface area contributed by atoms with Crippen molar-refractivity contribution in [3.8, 4) is 0 Å². The van der Waals surface area contributed by atoms with Gasteiger partial charge in [0.05, 0.1) is 0 Å². The highest BCUT2D eigenvalue weighted by molar-refractivity contribution is 7.92. The van der Waals surface area contributed by atoms with Crippen molar-refractivity contribution in [1.82, 2.24) is 0 Å². The van der Waals surface area contributed by atoms with Gasteiger partial charge in [-0.25, -0.2) is 17.2 Å². The van der Waals surface area contributed by atoms with Crippen molar-refractivity contribution in [3.05, 3.63) is 23.8 Å². The van der Waals surface area contributed by atoms with E-state index < -0.39 is 38.0 Å². The number of amides is 1. The van der Waals surface area contributed by atoms with Crippen LogP contribution in [0, 0.1) is 11.6 Å². The number of hydrogen-bond donors (Lipinski definition) is 2. The van der Waals surface area contributed by atoms with Crippen molar-refractivity contribution < 1.29 is 22.0 Å². The quantitative estimate of drug-likeness (QED) is 0.725. The van der Waals surface area contributed by atoms with Gasteiger partial charge in [-0.1, -0.05) is 0 Å². The molecule has 16 heavy (non-hydrogen) atoms. The van der Waals surface area contributed by atoms with E-state index in [1.165, 1.54) is 0 Å². The van der Waals surface area contributed by atoms with E-state index in [0.29, 0.717) is 12.1 Å². The van der Waals surface area contributed by atoms with E-state index in [-0.39, 0.29) is 5.69 Å². The van der Waals surface area contributed by atoms with Crippen LogP contribution in [0.15, 0.2) is 17.0 Å². The van der Waals surface area contributed by atoms with Crippen molar-refractivity contribution in [1.29, 1.82) is 0 Å². The van der Waals surface area contributed by atoms with Crippen LogP contribution >= 0.6 is 0 Å². The Labute approximate surface area is 90.0 Å². The van der Waals surface area contributed by atoms with Crippen molar-refractivity contribution >= 4 is 21.4 Å². The van der Waals surface area contributed by atoms with Crippen molar-refractivity contribution in [2.24, 2.45) is 5.73 Å². The first-order chi connectivity index (χ1) is 7.24. The maximum atomic E-state index is 13.2. The first kappa shape index (κ1) is 12.4. The fraction of sp³-hybridized carbons (Fsp3) is 0.125. The van der Waals surface area contributed by atoms with Gasteiger partial charge in [0.1, 0.15) is 22.3 Å². The van der Waals surface area contributed by atoms with Crippen LogP contribution in [0.25, 0.3) is 0 Å². The molecule has 0 fully saturated rings. The van der Waals surface area contributed by atoms with Crippen LogP contribution in [0.3, 0.4) is 0 Å². The molecule has 0 spiro atoms. The smallest absolute Gasteiger partial charge is 0.233 e. The first-order valence-electron chi connectivity index (χ1n) is 3.99. The van der Waals surface area contributed by atoms with E-state index in [1.54, 1.807) is 0 Å². The van der Waals surface area contributed by atoms with Gasteiger partial charge < -0.3 is 11.5 Å². The Kier molecular flexibility index (Phi) is 3.13. The van der Waals surface area contributed by atoms with Gasteiger partial charge in [0.2, 0.25) is 5.91 Å². The molecule has 1 amide bonds. The summed E-state index contributed by atoms with van der Waals surface area (Å²) in [5.41, 5.74) is 9.51. The second-order valence-corrected chi connectivity index (χ2v) is 4.97. The second kappa shape index (κ2) is 4.05. The van der Waals surface area contributed by atoms with Gasteiger partial charge in [-0.2, -0.15) is 0 Å². The molecule has 0 aliphatic heterocycles. The summed E-state index contributed by atoms with van der Waals surface area (Å²) >= 11 is 0. The van der Waals surface area contributed by atoms with Gasteiger partial charge in [0, 0.05) is 5.69 Å². The standard InChI is InChI=1S/C8H8F2N2O3S/c9-5-1-4(11)2-6(10)8(5)16(14,15)3-7(12)13/h1-2H,3,11H2,(H2,12,13). The number of carbonyl (C=O) groups is 1. The average Bonchev–Trinajstić information content (AvgIpc) is 1.96. The molecule has 0 atom stereocenters. The van der Waals surface area contributed by atoms with Crippen molar-refractivity contribution in [2.45, 2.75) is 4.90 Å². The molecule has 0 aromatic heterocycles. The molecule has 0 aliphatic carbocycles. The van der Waals surface area contributed by atoms with Gasteiger partial charge in [-0.05, 0) is 12.1 Å². The molecular weight excluding hydrogens is 242 g/mol. The van der Waals surface area contributed by atoms with E-state index in [2.05, 4.69) is 5.73 Å². The third-order valence-electron chi connectivity index (χ3n) is 1.66.